The minimum Gasteiger partial charge on any atom is -0.463 e. The van der Waals surface area contributed by atoms with Gasteiger partial charge in [-0.2, -0.15) is 0 Å². The Hall–Kier alpha value is -1.07. The second-order valence-electron chi connectivity index (χ2n) is 2.23. The molecule has 0 aromatic carbocycles. The van der Waals surface area contributed by atoms with Crippen LogP contribution in [0.3, 0.4) is 0 Å². The lowest BCUT2D eigenvalue weighted by molar-refractivity contribution is -0.149. The first-order chi connectivity index (χ1) is 6.57. The first-order valence-corrected chi connectivity index (χ1v) is 4.29. The van der Waals surface area contributed by atoms with Crippen molar-refractivity contribution in [1.29, 1.82) is 0 Å². The zero-order valence-electron chi connectivity index (χ0n) is 7.44. The summed E-state index contributed by atoms with van der Waals surface area (Å²) in [5.41, 5.74) is -1.65. The number of hydrogen-bond acceptors (Lipinski definition) is 5. The molecule has 0 saturated carbocycles. The van der Waals surface area contributed by atoms with Crippen LogP contribution in [-0.4, -0.2) is 35.8 Å². The Bertz CT molecular complexity index is 214. The summed E-state index contributed by atoms with van der Waals surface area (Å²) in [4.78, 5) is 21.1. The van der Waals surface area contributed by atoms with E-state index in [-0.39, 0.29) is 13.2 Å². The van der Waals surface area contributed by atoms with Gasteiger partial charge < -0.3 is 14.6 Å². The van der Waals surface area contributed by atoms with Gasteiger partial charge in [-0.25, -0.2) is 9.59 Å². The van der Waals surface area contributed by atoms with Gasteiger partial charge in [0.25, 0.3) is 0 Å². The lowest BCUT2D eigenvalue weighted by atomic mass is 10.5. The van der Waals surface area contributed by atoms with E-state index in [1.165, 1.54) is 0 Å². The topological polar surface area (TPSA) is 72.8 Å². The number of aliphatic hydroxyl groups is 1. The highest BCUT2D eigenvalue weighted by molar-refractivity contribution is 6.28. The van der Waals surface area contributed by atoms with E-state index in [1.54, 1.807) is 0 Å². The number of alkyl halides is 1. The first kappa shape index (κ1) is 12.9. The quantitative estimate of drug-likeness (QED) is 0.301. The molecule has 1 unspecified atom stereocenters. The number of hydrogen-bond donors (Lipinski definition) is 1. The fraction of sp³-hybridized carbons (Fsp3) is 0.500. The third-order valence-electron chi connectivity index (χ3n) is 1.14. The van der Waals surface area contributed by atoms with E-state index in [1.807, 2.05) is 0 Å². The van der Waals surface area contributed by atoms with Gasteiger partial charge in [0.2, 0.25) is 5.56 Å². The molecule has 0 aliphatic rings. The van der Waals surface area contributed by atoms with Gasteiger partial charge in [-0.05, 0) is 0 Å². The molecular formula is C8H11ClO5. The highest BCUT2D eigenvalue weighted by Crippen LogP contribution is 1.95. The molecule has 0 heterocycles. The summed E-state index contributed by atoms with van der Waals surface area (Å²) >= 11 is 5.00. The Morgan fingerprint density at radius 1 is 1.43 bits per heavy atom. The molecular weight excluding hydrogens is 212 g/mol. The van der Waals surface area contributed by atoms with Crippen LogP contribution in [0, 0.1) is 0 Å². The molecule has 0 bridgehead atoms. The van der Waals surface area contributed by atoms with Crippen molar-refractivity contribution in [3.8, 4) is 0 Å². The molecule has 0 amide bonds. The molecule has 5 nitrogen and oxygen atoms in total. The molecule has 14 heavy (non-hydrogen) atoms. The summed E-state index contributed by atoms with van der Waals surface area (Å²) in [6, 6.07) is 0. The lowest BCUT2D eigenvalue weighted by Crippen LogP contribution is -2.18. The Kier molecular flexibility index (Phi) is 6.78. The molecule has 0 spiro atoms. The van der Waals surface area contributed by atoms with E-state index in [0.717, 1.165) is 6.08 Å². The molecule has 0 aliphatic carbocycles. The van der Waals surface area contributed by atoms with Crippen LogP contribution in [-0.2, 0) is 19.1 Å². The number of carbonyl (C=O) groups excluding carboxylic acids is 2. The van der Waals surface area contributed by atoms with E-state index in [9.17, 15) is 9.59 Å². The highest BCUT2D eigenvalue weighted by atomic mass is 35.5. The second-order valence-corrected chi connectivity index (χ2v) is 2.64. The summed E-state index contributed by atoms with van der Waals surface area (Å²) in [6.45, 7) is 3.36. The minimum absolute atomic E-state index is 0.0348. The van der Waals surface area contributed by atoms with E-state index in [0.29, 0.717) is 6.42 Å². The van der Waals surface area contributed by atoms with Crippen LogP contribution in [0.2, 0.25) is 0 Å². The van der Waals surface area contributed by atoms with Crippen LogP contribution in [0.5, 0.6) is 0 Å². The van der Waals surface area contributed by atoms with Crippen molar-refractivity contribution < 1.29 is 24.2 Å². The third-order valence-corrected chi connectivity index (χ3v) is 1.32. The predicted molar refractivity (Wildman–Crippen MR) is 48.6 cm³/mol. The molecule has 0 saturated heterocycles. The predicted octanol–water partition coefficient (Wildman–Crippen LogP) is 0.206. The third kappa shape index (κ3) is 6.45. The van der Waals surface area contributed by atoms with Crippen molar-refractivity contribution in [3.63, 3.8) is 0 Å². The Morgan fingerprint density at radius 2 is 2.00 bits per heavy atom. The standard InChI is InChI=1S/C8H11ClO5/c1-2-6(10)13-4-3-5-14-8(12)7(9)11/h2,7,11H,1,3-5H2. The van der Waals surface area contributed by atoms with Gasteiger partial charge in [0.05, 0.1) is 13.2 Å². The normalized spacial score (nSPS) is 11.6. The Balaban J connectivity index is 3.34. The summed E-state index contributed by atoms with van der Waals surface area (Å²) in [6.07, 6.45) is 1.38. The van der Waals surface area contributed by atoms with Gasteiger partial charge in [-0.3, -0.25) is 0 Å². The molecule has 1 N–H and O–H groups in total. The maximum Gasteiger partial charge on any atom is 0.350 e. The number of ether oxygens (including phenoxy) is 2. The Morgan fingerprint density at radius 3 is 2.50 bits per heavy atom. The summed E-state index contributed by atoms with van der Waals surface area (Å²) < 4.78 is 9.07. The van der Waals surface area contributed by atoms with Gasteiger partial charge in [-0.1, -0.05) is 18.2 Å². The first-order valence-electron chi connectivity index (χ1n) is 3.86. The van der Waals surface area contributed by atoms with Crippen molar-refractivity contribution in [2.45, 2.75) is 12.0 Å². The Labute approximate surface area is 86.3 Å². The van der Waals surface area contributed by atoms with Gasteiger partial charge in [0, 0.05) is 12.5 Å². The van der Waals surface area contributed by atoms with E-state index in [2.05, 4.69) is 16.1 Å². The van der Waals surface area contributed by atoms with E-state index in [4.69, 9.17) is 16.7 Å². The van der Waals surface area contributed by atoms with Crippen molar-refractivity contribution in [2.75, 3.05) is 13.2 Å². The van der Waals surface area contributed by atoms with Crippen LogP contribution in [0.1, 0.15) is 6.42 Å². The van der Waals surface area contributed by atoms with Crippen molar-refractivity contribution in [3.05, 3.63) is 12.7 Å². The van der Waals surface area contributed by atoms with Crippen LogP contribution in [0.15, 0.2) is 12.7 Å². The van der Waals surface area contributed by atoms with Crippen LogP contribution >= 0.6 is 11.6 Å². The van der Waals surface area contributed by atoms with Crippen LogP contribution < -0.4 is 0 Å². The molecule has 0 radical (unpaired) electrons. The largest absolute Gasteiger partial charge is 0.463 e. The molecule has 0 rings (SSSR count). The van der Waals surface area contributed by atoms with E-state index < -0.39 is 17.5 Å². The average Bonchev–Trinajstić information content (AvgIpc) is 2.16. The van der Waals surface area contributed by atoms with Gasteiger partial charge in [0.15, 0.2) is 0 Å². The molecule has 0 fully saturated rings. The molecule has 0 aromatic rings. The number of halogens is 1. The summed E-state index contributed by atoms with van der Waals surface area (Å²) in [5.74, 6) is -1.45. The van der Waals surface area contributed by atoms with Gasteiger partial charge in [0.1, 0.15) is 0 Å². The maximum absolute atomic E-state index is 10.6. The van der Waals surface area contributed by atoms with Crippen molar-refractivity contribution in [2.24, 2.45) is 0 Å². The lowest BCUT2D eigenvalue weighted by Gasteiger charge is -2.05. The number of esters is 2. The fourth-order valence-corrected chi connectivity index (χ4v) is 0.595. The minimum atomic E-state index is -1.65. The molecule has 6 heteroatoms. The van der Waals surface area contributed by atoms with Crippen molar-refractivity contribution in [1.82, 2.24) is 0 Å². The summed E-state index contributed by atoms with van der Waals surface area (Å²) in [5, 5.41) is 8.50. The highest BCUT2D eigenvalue weighted by Gasteiger charge is 2.11. The number of aliphatic hydroxyl groups excluding tert-OH is 1. The fourth-order valence-electron chi connectivity index (χ4n) is 0.532. The average molecular weight is 223 g/mol. The number of carbonyl (C=O) groups is 2. The SMILES string of the molecule is C=CC(=O)OCCCOC(=O)C(O)Cl. The van der Waals surface area contributed by atoms with Crippen LogP contribution in [0.4, 0.5) is 0 Å². The second kappa shape index (κ2) is 7.34. The number of rotatable bonds is 6. The zero-order chi connectivity index (χ0) is 11.0. The molecule has 1 atom stereocenters. The maximum atomic E-state index is 10.6. The van der Waals surface area contributed by atoms with Gasteiger partial charge >= 0.3 is 11.9 Å². The van der Waals surface area contributed by atoms with Gasteiger partial charge in [-0.15, -0.1) is 0 Å². The summed E-state index contributed by atoms with van der Waals surface area (Å²) in [7, 11) is 0. The molecule has 0 aliphatic heterocycles. The zero-order valence-corrected chi connectivity index (χ0v) is 8.20. The van der Waals surface area contributed by atoms with Crippen molar-refractivity contribution >= 4 is 23.5 Å². The van der Waals surface area contributed by atoms with Crippen LogP contribution in [0.25, 0.3) is 0 Å². The smallest absolute Gasteiger partial charge is 0.350 e. The van der Waals surface area contributed by atoms with E-state index >= 15 is 0 Å². The molecule has 80 valence electrons. The monoisotopic (exact) mass is 222 g/mol. The molecule has 0 aromatic heterocycles.